The zero-order valence-electron chi connectivity index (χ0n) is 14.8. The molecular weight excluding hydrogens is 417 g/mol. The van der Waals surface area contributed by atoms with E-state index < -0.39 is 55.3 Å². The summed E-state index contributed by atoms with van der Waals surface area (Å²) >= 11 is 0. The van der Waals surface area contributed by atoms with Crippen LogP contribution in [0.25, 0.3) is 11.0 Å². The third-order valence-corrected chi connectivity index (χ3v) is 4.14. The molecule has 1 aliphatic rings. The second-order valence-corrected chi connectivity index (χ2v) is 6.15. The van der Waals surface area contributed by atoms with E-state index in [1.807, 2.05) is 0 Å². The molecule has 30 heavy (non-hydrogen) atoms. The van der Waals surface area contributed by atoms with Crippen LogP contribution in [0.15, 0.2) is 4.79 Å². The van der Waals surface area contributed by atoms with Gasteiger partial charge in [0.2, 0.25) is 5.95 Å². The number of aliphatic hydroxyl groups excluding tert-OH is 3. The normalized spacial score (nSPS) is 23.9. The number of aromatic amines is 1. The molecule has 0 saturated carbocycles. The lowest BCUT2D eigenvalue weighted by Crippen LogP contribution is -2.36. The number of hydrogen-bond donors (Lipinski definition) is 6. The summed E-state index contributed by atoms with van der Waals surface area (Å²) < 4.78 is 42.8. The molecule has 0 radical (unpaired) electrons. The van der Waals surface area contributed by atoms with Crippen LogP contribution in [0.2, 0.25) is 0 Å². The summed E-state index contributed by atoms with van der Waals surface area (Å²) in [4.78, 5) is 29.2. The van der Waals surface area contributed by atoms with E-state index in [2.05, 4.69) is 26.9 Å². The van der Waals surface area contributed by atoms with Crippen LogP contribution < -0.4 is 16.6 Å². The average molecular weight is 432 g/mol. The Morgan fingerprint density at radius 1 is 1.37 bits per heavy atom. The first-order chi connectivity index (χ1) is 14.0. The molecule has 1 saturated heterocycles. The first-order valence-electron chi connectivity index (χ1n) is 8.29. The van der Waals surface area contributed by atoms with Gasteiger partial charge in [-0.3, -0.25) is 14.6 Å². The van der Waals surface area contributed by atoms with Gasteiger partial charge in [0.25, 0.3) is 5.56 Å². The summed E-state index contributed by atoms with van der Waals surface area (Å²) in [7, 11) is 0. The van der Waals surface area contributed by atoms with Crippen molar-refractivity contribution in [1.82, 2.24) is 25.1 Å². The number of aliphatic hydroxyl groups is 3. The molecule has 0 aromatic carbocycles. The van der Waals surface area contributed by atoms with E-state index in [0.717, 1.165) is 4.68 Å². The van der Waals surface area contributed by atoms with E-state index in [1.54, 1.807) is 0 Å². The van der Waals surface area contributed by atoms with Crippen molar-refractivity contribution < 1.29 is 38.0 Å². The number of ether oxygens (including phenoxy) is 1. The minimum absolute atomic E-state index is 0.185. The highest BCUT2D eigenvalue weighted by atomic mass is 19.4. The van der Waals surface area contributed by atoms with Crippen LogP contribution in [0.1, 0.15) is 11.9 Å². The predicted molar refractivity (Wildman–Crippen MR) is 91.5 cm³/mol. The van der Waals surface area contributed by atoms with Gasteiger partial charge in [-0.2, -0.15) is 23.3 Å². The van der Waals surface area contributed by atoms with Gasteiger partial charge in [-0.05, 0) is 5.92 Å². The van der Waals surface area contributed by atoms with E-state index in [0.29, 0.717) is 0 Å². The van der Waals surface area contributed by atoms with Crippen LogP contribution >= 0.6 is 0 Å². The number of nitrogen functional groups attached to an aromatic ring is 1. The molecule has 162 valence electrons. The van der Waals surface area contributed by atoms with Crippen molar-refractivity contribution in [2.75, 3.05) is 18.9 Å². The SMILES string of the molecule is Nc1nc2c(c(C#CCNC(=O)C(F)(F)F)nn2[C@@H]2O[C@H](CO)C(O)C2O)c(=O)[nH]1. The summed E-state index contributed by atoms with van der Waals surface area (Å²) in [5.74, 6) is 2.06. The molecule has 0 bridgehead atoms. The number of amides is 1. The summed E-state index contributed by atoms with van der Waals surface area (Å²) in [5, 5.41) is 34.6. The number of H-pyrrole nitrogens is 1. The number of nitrogens with one attached hydrogen (secondary N) is 2. The van der Waals surface area contributed by atoms with Crippen molar-refractivity contribution in [2.24, 2.45) is 0 Å². The minimum Gasteiger partial charge on any atom is -0.394 e. The number of halogens is 3. The smallest absolute Gasteiger partial charge is 0.394 e. The lowest BCUT2D eigenvalue weighted by atomic mass is 10.1. The molecule has 3 rings (SSSR count). The van der Waals surface area contributed by atoms with Gasteiger partial charge in [0.05, 0.1) is 13.2 Å². The number of fused-ring (bicyclic) bond motifs is 1. The number of aromatic nitrogens is 4. The highest BCUT2D eigenvalue weighted by Gasteiger charge is 2.45. The van der Waals surface area contributed by atoms with Crippen molar-refractivity contribution >= 4 is 22.9 Å². The van der Waals surface area contributed by atoms with E-state index in [-0.39, 0.29) is 22.7 Å². The van der Waals surface area contributed by atoms with Crippen molar-refractivity contribution in [2.45, 2.75) is 30.7 Å². The molecule has 0 aliphatic carbocycles. The Balaban J connectivity index is 1.99. The molecule has 0 spiro atoms. The van der Waals surface area contributed by atoms with Crippen LogP contribution in [0, 0.1) is 11.8 Å². The van der Waals surface area contributed by atoms with Crippen molar-refractivity contribution in [3.63, 3.8) is 0 Å². The topological polar surface area (TPSA) is 189 Å². The molecule has 2 aromatic rings. The molecule has 7 N–H and O–H groups in total. The van der Waals surface area contributed by atoms with Gasteiger partial charge in [-0.15, -0.1) is 0 Å². The molecular formula is C15H15F3N6O6. The monoisotopic (exact) mass is 432 g/mol. The van der Waals surface area contributed by atoms with Gasteiger partial charge in [0, 0.05) is 0 Å². The zero-order chi connectivity index (χ0) is 22.2. The number of anilines is 1. The largest absolute Gasteiger partial charge is 0.471 e. The number of carbonyl (C=O) groups is 1. The highest BCUT2D eigenvalue weighted by Crippen LogP contribution is 2.31. The fourth-order valence-electron chi connectivity index (χ4n) is 2.76. The van der Waals surface area contributed by atoms with Crippen LogP contribution in [0.4, 0.5) is 19.1 Å². The Bertz CT molecular complexity index is 1090. The van der Waals surface area contributed by atoms with Gasteiger partial charge in [-0.25, -0.2) is 4.68 Å². The number of nitrogens with two attached hydrogens (primary N) is 1. The maximum absolute atomic E-state index is 12.3. The van der Waals surface area contributed by atoms with Gasteiger partial charge in [-0.1, -0.05) is 5.92 Å². The Labute approximate surface area is 164 Å². The van der Waals surface area contributed by atoms with E-state index in [9.17, 15) is 38.1 Å². The van der Waals surface area contributed by atoms with Crippen molar-refractivity contribution in [1.29, 1.82) is 0 Å². The molecule has 2 unspecified atom stereocenters. The predicted octanol–water partition coefficient (Wildman–Crippen LogP) is -2.66. The number of nitrogens with zero attached hydrogens (tertiary/aromatic N) is 3. The molecule has 1 fully saturated rings. The van der Waals surface area contributed by atoms with Gasteiger partial charge >= 0.3 is 12.1 Å². The third kappa shape index (κ3) is 3.93. The van der Waals surface area contributed by atoms with Crippen LogP contribution in [-0.4, -0.2) is 78.6 Å². The minimum atomic E-state index is -5.07. The number of alkyl halides is 3. The van der Waals surface area contributed by atoms with Crippen molar-refractivity contribution in [3.05, 3.63) is 16.0 Å². The zero-order valence-corrected chi connectivity index (χ0v) is 14.8. The number of hydrogen-bond acceptors (Lipinski definition) is 9. The maximum atomic E-state index is 12.3. The lowest BCUT2D eigenvalue weighted by Gasteiger charge is -2.15. The number of carbonyl (C=O) groups excluding carboxylic acids is 1. The molecule has 4 atom stereocenters. The molecule has 15 heteroatoms. The van der Waals surface area contributed by atoms with Crippen LogP contribution in [0.5, 0.6) is 0 Å². The second kappa shape index (κ2) is 7.91. The summed E-state index contributed by atoms with van der Waals surface area (Å²) in [5.41, 5.74) is 4.31. The Kier molecular flexibility index (Phi) is 5.67. The molecule has 2 aromatic heterocycles. The molecule has 12 nitrogen and oxygen atoms in total. The van der Waals surface area contributed by atoms with E-state index in [4.69, 9.17) is 10.5 Å². The Morgan fingerprint density at radius 3 is 2.67 bits per heavy atom. The molecule has 3 heterocycles. The fraction of sp³-hybridized carbons (Fsp3) is 0.467. The summed E-state index contributed by atoms with van der Waals surface area (Å²) in [6.45, 7) is -1.31. The molecule has 1 aliphatic heterocycles. The van der Waals surface area contributed by atoms with Crippen LogP contribution in [0.3, 0.4) is 0 Å². The first kappa shape index (κ1) is 21.5. The van der Waals surface area contributed by atoms with Crippen LogP contribution in [-0.2, 0) is 9.53 Å². The summed E-state index contributed by atoms with van der Waals surface area (Å²) in [6, 6.07) is 0. The summed E-state index contributed by atoms with van der Waals surface area (Å²) in [6.07, 6.45) is -10.6. The first-order valence-corrected chi connectivity index (χ1v) is 8.29. The Morgan fingerprint density at radius 2 is 2.07 bits per heavy atom. The fourth-order valence-corrected chi connectivity index (χ4v) is 2.76. The highest BCUT2D eigenvalue weighted by molar-refractivity contribution is 5.82. The van der Waals surface area contributed by atoms with E-state index in [1.165, 1.54) is 5.32 Å². The van der Waals surface area contributed by atoms with Gasteiger partial charge in [0.15, 0.2) is 17.6 Å². The second-order valence-electron chi connectivity index (χ2n) is 6.15. The van der Waals surface area contributed by atoms with E-state index >= 15 is 0 Å². The van der Waals surface area contributed by atoms with Gasteiger partial charge in [0.1, 0.15) is 23.7 Å². The average Bonchev–Trinajstić information content (AvgIpc) is 3.15. The maximum Gasteiger partial charge on any atom is 0.471 e. The number of rotatable bonds is 3. The van der Waals surface area contributed by atoms with Crippen molar-refractivity contribution in [3.8, 4) is 11.8 Å². The molecule has 1 amide bonds. The lowest BCUT2D eigenvalue weighted by molar-refractivity contribution is -0.173. The standard InChI is InChI=1S/C15H15F3N6O6/c16-15(17,18)13(29)20-3-1-2-5-7-10(21-14(19)22-11(7)28)24(23-5)12-9(27)8(26)6(4-25)30-12/h6,8-9,12,25-27H,3-4H2,(H,20,29)(H3,19,21,22,28)/t6-,8?,9?,12-/m1/s1. The van der Waals surface area contributed by atoms with Gasteiger partial charge < -0.3 is 31.1 Å². The Hall–Kier alpha value is -3.19. The third-order valence-electron chi connectivity index (χ3n) is 4.14. The quantitative estimate of drug-likeness (QED) is 0.281.